The van der Waals surface area contributed by atoms with Crippen LogP contribution in [0.25, 0.3) is 0 Å². The van der Waals surface area contributed by atoms with Gasteiger partial charge < -0.3 is 14.6 Å². The normalized spacial score (nSPS) is 23.5. The third kappa shape index (κ3) is 6.42. The van der Waals surface area contributed by atoms with Gasteiger partial charge in [0, 0.05) is 11.8 Å². The van der Waals surface area contributed by atoms with E-state index in [4.69, 9.17) is 9.47 Å². The third-order valence-electron chi connectivity index (χ3n) is 4.19. The third-order valence-corrected chi connectivity index (χ3v) is 5.11. The minimum atomic E-state index is -1.27. The first kappa shape index (κ1) is 19.7. The highest BCUT2D eigenvalue weighted by molar-refractivity contribution is 6.83. The fourth-order valence-electron chi connectivity index (χ4n) is 2.67. The Balaban J connectivity index is 2.48. The molecule has 0 aromatic heterocycles. The molecule has 1 N–H and O–H groups in total. The van der Waals surface area contributed by atoms with Crippen LogP contribution in [0.4, 0.5) is 0 Å². The lowest BCUT2D eigenvalue weighted by molar-refractivity contribution is -0.298. The van der Waals surface area contributed by atoms with Crippen molar-refractivity contribution >= 4 is 8.07 Å². The fraction of sp³-hybridized carbons (Fsp3) is 0.889. The largest absolute Gasteiger partial charge is 0.392 e. The van der Waals surface area contributed by atoms with Gasteiger partial charge in [-0.25, -0.2) is 0 Å². The molecule has 128 valence electrons. The van der Waals surface area contributed by atoms with Crippen molar-refractivity contribution in [1.29, 1.82) is 0 Å². The van der Waals surface area contributed by atoms with Gasteiger partial charge in [-0.05, 0) is 33.1 Å². The Kier molecular flexibility index (Phi) is 6.70. The van der Waals surface area contributed by atoms with E-state index in [1.54, 1.807) is 0 Å². The summed E-state index contributed by atoms with van der Waals surface area (Å²) in [4.78, 5) is 0. The molecule has 1 saturated heterocycles. The quantitative estimate of drug-likeness (QED) is 0.472. The summed E-state index contributed by atoms with van der Waals surface area (Å²) in [5.74, 6) is 2.72. The van der Waals surface area contributed by atoms with Gasteiger partial charge in [-0.2, -0.15) is 0 Å². The first-order valence-corrected chi connectivity index (χ1v) is 11.9. The molecule has 1 rings (SSSR count). The van der Waals surface area contributed by atoms with E-state index in [0.717, 1.165) is 25.7 Å². The summed E-state index contributed by atoms with van der Waals surface area (Å²) in [6.07, 6.45) is 3.07. The van der Waals surface area contributed by atoms with Gasteiger partial charge in [0.15, 0.2) is 5.79 Å². The monoisotopic (exact) mass is 326 g/mol. The maximum absolute atomic E-state index is 10.6. The molecule has 1 unspecified atom stereocenters. The summed E-state index contributed by atoms with van der Waals surface area (Å²) < 4.78 is 11.6. The van der Waals surface area contributed by atoms with Crippen molar-refractivity contribution in [1.82, 2.24) is 0 Å². The van der Waals surface area contributed by atoms with Crippen molar-refractivity contribution in [3.63, 3.8) is 0 Å². The Morgan fingerprint density at radius 2 is 1.95 bits per heavy atom. The Morgan fingerprint density at radius 3 is 2.50 bits per heavy atom. The lowest BCUT2D eigenvalue weighted by Gasteiger charge is -2.45. The molecule has 1 aliphatic heterocycles. The minimum Gasteiger partial charge on any atom is -0.392 e. The van der Waals surface area contributed by atoms with E-state index < -0.39 is 13.9 Å². The van der Waals surface area contributed by atoms with Crippen LogP contribution in [0.3, 0.4) is 0 Å². The molecule has 0 bridgehead atoms. The first-order chi connectivity index (χ1) is 9.94. The van der Waals surface area contributed by atoms with Gasteiger partial charge in [0.1, 0.15) is 8.07 Å². The Morgan fingerprint density at radius 1 is 1.32 bits per heavy atom. The van der Waals surface area contributed by atoms with Gasteiger partial charge in [-0.15, -0.1) is 11.5 Å². The molecule has 3 nitrogen and oxygen atoms in total. The molecule has 0 aromatic carbocycles. The Hall–Kier alpha value is -0.343. The van der Waals surface area contributed by atoms with Gasteiger partial charge in [0.2, 0.25) is 0 Å². The van der Waals surface area contributed by atoms with Crippen molar-refractivity contribution in [3.8, 4) is 11.5 Å². The number of hydrogen-bond acceptors (Lipinski definition) is 3. The molecule has 1 fully saturated rings. The molecule has 0 aliphatic carbocycles. The average Bonchev–Trinajstić information content (AvgIpc) is 2.35. The van der Waals surface area contributed by atoms with Gasteiger partial charge in [0.25, 0.3) is 0 Å². The van der Waals surface area contributed by atoms with E-state index in [-0.39, 0.29) is 17.6 Å². The van der Waals surface area contributed by atoms with Gasteiger partial charge >= 0.3 is 0 Å². The number of unbranched alkanes of at least 4 members (excludes halogenated alkanes) is 1. The van der Waals surface area contributed by atoms with Gasteiger partial charge in [-0.3, -0.25) is 0 Å². The first-order valence-electron chi connectivity index (χ1n) is 8.44. The zero-order valence-corrected chi connectivity index (χ0v) is 16.5. The number of aliphatic hydroxyl groups excluding tert-OH is 1. The SMILES string of the molecule is CC1(C)OCC[C@@H](C(C)(C)C(O)CCCC#C[Si](C)(C)C)O1. The van der Waals surface area contributed by atoms with Crippen LogP contribution in [0.1, 0.15) is 53.4 Å². The lowest BCUT2D eigenvalue weighted by atomic mass is 9.77. The van der Waals surface area contributed by atoms with Crippen LogP contribution in [0, 0.1) is 16.9 Å². The van der Waals surface area contributed by atoms with Crippen LogP contribution in [0.5, 0.6) is 0 Å². The second-order valence-corrected chi connectivity index (χ2v) is 13.2. The molecular formula is C18H34O3Si. The zero-order chi connectivity index (χ0) is 17.0. The van der Waals surface area contributed by atoms with E-state index in [9.17, 15) is 5.11 Å². The molecule has 22 heavy (non-hydrogen) atoms. The lowest BCUT2D eigenvalue weighted by Crippen LogP contribution is -2.50. The summed E-state index contributed by atoms with van der Waals surface area (Å²) in [6.45, 7) is 15.5. The molecule has 0 amide bonds. The van der Waals surface area contributed by atoms with Crippen molar-refractivity contribution in [2.75, 3.05) is 6.61 Å². The van der Waals surface area contributed by atoms with Crippen LogP contribution in [-0.2, 0) is 9.47 Å². The maximum atomic E-state index is 10.6. The molecule has 1 heterocycles. The molecule has 4 heteroatoms. The summed E-state index contributed by atoms with van der Waals surface area (Å²) in [5, 5.41) is 10.6. The Labute approximate surface area is 137 Å². The predicted molar refractivity (Wildman–Crippen MR) is 94.3 cm³/mol. The standard InChI is InChI=1S/C18H34O3Si/c1-17(2,16-12-13-20-18(3,4)21-16)15(19)11-9-8-10-14-22(5,6)7/h15-16,19H,8-9,11-13H2,1-7H3/t15?,16-/m0/s1. The maximum Gasteiger partial charge on any atom is 0.163 e. The topological polar surface area (TPSA) is 38.7 Å². The molecule has 0 aromatic rings. The highest BCUT2D eigenvalue weighted by Gasteiger charge is 2.42. The number of aliphatic hydroxyl groups is 1. The van der Waals surface area contributed by atoms with Crippen molar-refractivity contribution < 1.29 is 14.6 Å². The zero-order valence-electron chi connectivity index (χ0n) is 15.5. The van der Waals surface area contributed by atoms with Gasteiger partial charge in [-0.1, -0.05) is 33.5 Å². The van der Waals surface area contributed by atoms with E-state index in [2.05, 4.69) is 45.0 Å². The summed E-state index contributed by atoms with van der Waals surface area (Å²) in [7, 11) is -1.27. The molecule has 1 aliphatic rings. The molecular weight excluding hydrogens is 292 g/mol. The molecule has 2 atom stereocenters. The van der Waals surface area contributed by atoms with Gasteiger partial charge in [0.05, 0.1) is 18.8 Å². The minimum absolute atomic E-state index is 0.0271. The second kappa shape index (κ2) is 7.48. The van der Waals surface area contributed by atoms with Crippen LogP contribution in [0.2, 0.25) is 19.6 Å². The van der Waals surface area contributed by atoms with E-state index >= 15 is 0 Å². The van der Waals surface area contributed by atoms with Crippen molar-refractivity contribution in [2.24, 2.45) is 5.41 Å². The predicted octanol–water partition coefficient (Wildman–Crippen LogP) is 3.97. The fourth-order valence-corrected chi connectivity index (χ4v) is 3.32. The van der Waals surface area contributed by atoms with E-state index in [0.29, 0.717) is 6.61 Å². The van der Waals surface area contributed by atoms with Crippen LogP contribution < -0.4 is 0 Å². The second-order valence-electron chi connectivity index (χ2n) is 8.42. The van der Waals surface area contributed by atoms with Crippen LogP contribution in [0.15, 0.2) is 0 Å². The number of hydrogen-bond donors (Lipinski definition) is 1. The molecule has 0 spiro atoms. The summed E-state index contributed by atoms with van der Waals surface area (Å²) in [5.41, 5.74) is 3.10. The summed E-state index contributed by atoms with van der Waals surface area (Å²) >= 11 is 0. The smallest absolute Gasteiger partial charge is 0.163 e. The number of ether oxygens (including phenoxy) is 2. The van der Waals surface area contributed by atoms with Crippen molar-refractivity contribution in [3.05, 3.63) is 0 Å². The van der Waals surface area contributed by atoms with E-state index in [1.807, 2.05) is 13.8 Å². The average molecular weight is 327 g/mol. The summed E-state index contributed by atoms with van der Waals surface area (Å²) in [6, 6.07) is 0. The highest BCUT2D eigenvalue weighted by Crippen LogP contribution is 2.37. The molecule has 0 saturated carbocycles. The highest BCUT2D eigenvalue weighted by atomic mass is 28.3. The van der Waals surface area contributed by atoms with Crippen LogP contribution in [-0.4, -0.2) is 37.8 Å². The van der Waals surface area contributed by atoms with E-state index in [1.165, 1.54) is 0 Å². The molecule has 0 radical (unpaired) electrons. The van der Waals surface area contributed by atoms with Crippen molar-refractivity contribution in [2.45, 2.75) is 91.0 Å². The van der Waals surface area contributed by atoms with Crippen LogP contribution >= 0.6 is 0 Å². The number of rotatable bonds is 5. The Bertz CT molecular complexity index is 412.